The van der Waals surface area contributed by atoms with E-state index in [0.29, 0.717) is 52.9 Å². The molecule has 0 aromatic carbocycles. The summed E-state index contributed by atoms with van der Waals surface area (Å²) in [5.41, 5.74) is -1.26. The van der Waals surface area contributed by atoms with Gasteiger partial charge in [0.25, 0.3) is 0 Å². The van der Waals surface area contributed by atoms with Crippen LogP contribution in [0, 0.1) is 10.8 Å². The predicted molar refractivity (Wildman–Crippen MR) is 215 cm³/mol. The molecule has 8 aliphatic heterocycles. The van der Waals surface area contributed by atoms with E-state index >= 15 is 0 Å². The first-order chi connectivity index (χ1) is 26.2. The third-order valence-electron chi connectivity index (χ3n) is 11.0. The Morgan fingerprint density at radius 2 is 0.446 bits per heavy atom. The van der Waals surface area contributed by atoms with Gasteiger partial charge in [-0.2, -0.15) is 0 Å². The third kappa shape index (κ3) is 12.9. The molecule has 0 spiro atoms. The summed E-state index contributed by atoms with van der Waals surface area (Å²) in [6, 6.07) is 0. The van der Waals surface area contributed by atoms with Crippen LogP contribution in [-0.4, -0.2) is 158 Å². The van der Waals surface area contributed by atoms with E-state index in [1.54, 1.807) is 0 Å². The maximum absolute atomic E-state index is 5.96. The van der Waals surface area contributed by atoms with Gasteiger partial charge in [0.05, 0.1) is 48.8 Å². The molecule has 312 valence electrons. The summed E-state index contributed by atoms with van der Waals surface area (Å²) in [5.74, 6) is 0. The van der Waals surface area contributed by atoms with Crippen LogP contribution < -0.4 is 0 Å². The fraction of sp³-hybridized carbons (Fsp3) is 1.00. The van der Waals surface area contributed by atoms with E-state index in [9.17, 15) is 0 Å². The van der Waals surface area contributed by atoms with Crippen LogP contribution in [0.3, 0.4) is 0 Å². The lowest BCUT2D eigenvalue weighted by Crippen LogP contribution is -2.56. The molecule has 24 heteroatoms. The molecule has 0 unspecified atom stereocenters. The molecular weight excluding hydrogens is 727 g/mol. The Hall–Kier alpha value is -0.121. The molecule has 0 amide bonds. The fourth-order valence-corrected chi connectivity index (χ4v) is 6.12. The Labute approximate surface area is 338 Å². The lowest BCUT2D eigenvalue weighted by Gasteiger charge is -2.38. The van der Waals surface area contributed by atoms with Gasteiger partial charge in [0.1, 0.15) is 0 Å². The van der Waals surface area contributed by atoms with Gasteiger partial charge < -0.3 is 74.5 Å². The van der Waals surface area contributed by atoms with Crippen LogP contribution >= 0.6 is 0 Å². The van der Waals surface area contributed by atoms with Gasteiger partial charge in [0, 0.05) is 63.7 Å². The zero-order chi connectivity index (χ0) is 40.8. The Kier molecular flexibility index (Phi) is 16.5. The molecule has 8 saturated heterocycles. The Balaban J connectivity index is 0.000000146. The zero-order valence-electron chi connectivity index (χ0n) is 36.1. The molecule has 8 fully saturated rings. The minimum atomic E-state index is -0.476. The maximum atomic E-state index is 5.96. The van der Waals surface area contributed by atoms with Crippen molar-refractivity contribution in [3.8, 4) is 0 Å². The highest BCUT2D eigenvalue weighted by molar-refractivity contribution is 7.12. The second-order valence-corrected chi connectivity index (χ2v) is 18.7. The van der Waals surface area contributed by atoms with Crippen molar-refractivity contribution in [3.05, 3.63) is 0 Å². The summed E-state index contributed by atoms with van der Waals surface area (Å²) in [6.07, 6.45) is 1.92. The van der Waals surface area contributed by atoms with Crippen LogP contribution in [0.5, 0.6) is 0 Å². The normalized spacial score (nSPS) is 28.9. The first kappa shape index (κ1) is 46.9. The van der Waals surface area contributed by atoms with Crippen LogP contribution in [-0.2, 0) is 74.5 Å². The van der Waals surface area contributed by atoms with E-state index in [1.165, 1.54) is 0 Å². The molecule has 0 atom stereocenters. The topological polar surface area (TPSA) is 148 Å². The van der Waals surface area contributed by atoms with Gasteiger partial charge in [-0.3, -0.25) is 0 Å². The van der Waals surface area contributed by atoms with Gasteiger partial charge in [-0.05, 0) is 68.2 Å². The van der Waals surface area contributed by atoms with Gasteiger partial charge in [-0.1, -0.05) is 27.7 Å². The van der Waals surface area contributed by atoms with Crippen molar-refractivity contribution in [1.82, 2.24) is 0 Å². The first-order valence-electron chi connectivity index (χ1n) is 20.3. The Bertz CT molecular complexity index is 1060. The van der Waals surface area contributed by atoms with Crippen LogP contribution in [0.2, 0.25) is 0 Å². The smallest absolute Gasteiger partial charge is 0.413 e. The Morgan fingerprint density at radius 3 is 0.679 bits per heavy atom. The average Bonchev–Trinajstić information content (AvgIpc) is 3.94. The Morgan fingerprint density at radius 1 is 0.250 bits per heavy atom. The van der Waals surface area contributed by atoms with Gasteiger partial charge >= 0.3 is 56.1 Å². The van der Waals surface area contributed by atoms with Gasteiger partial charge in [-0.15, -0.1) is 0 Å². The van der Waals surface area contributed by atoms with Crippen molar-refractivity contribution < 1.29 is 74.5 Å². The molecule has 0 saturated carbocycles. The van der Waals surface area contributed by atoms with Crippen molar-refractivity contribution in [3.63, 3.8) is 0 Å². The summed E-state index contributed by atoms with van der Waals surface area (Å²) < 4.78 is 88.4. The van der Waals surface area contributed by atoms with Crippen LogP contribution in [0.4, 0.5) is 0 Å². The number of hydrogen-bond donors (Lipinski definition) is 0. The molecular formula is C32H64B8O16. The fourth-order valence-electron chi connectivity index (χ4n) is 6.12. The molecule has 0 radical (unpaired) electrons. The van der Waals surface area contributed by atoms with E-state index in [2.05, 4.69) is 27.7 Å². The standard InChI is InChI=1S/C12H24B2O4.C10H20B2O4.C6H12B2O4.C4H8B2O4/c1-9(2)10(3,4)16-13(15-9)14-17-11(5,6)12(7,8)18-14;1-9(2)5-13-11(14-6-9)12-15-7-10(3,4)8-16-12;1-3-9-7(10-4-1)8-11-5-2-6-12-8;1-2-8-5(7-1)6-9-3-4-10-6/h1-8H3;5-8H2,1-4H3;1-6H2;1-4H2. The monoisotopic (exact) mass is 792 g/mol. The molecule has 8 aliphatic rings. The van der Waals surface area contributed by atoms with Gasteiger partial charge in [-0.25, -0.2) is 0 Å². The summed E-state index contributed by atoms with van der Waals surface area (Å²) in [6.45, 7) is 33.0. The van der Waals surface area contributed by atoms with Gasteiger partial charge in [0.15, 0.2) is 0 Å². The summed E-state index contributed by atoms with van der Waals surface area (Å²) in [4.78, 5) is 0. The summed E-state index contributed by atoms with van der Waals surface area (Å²) in [7, 11) is -2.89. The molecule has 0 aromatic heterocycles. The van der Waals surface area contributed by atoms with Crippen molar-refractivity contribution in [1.29, 1.82) is 0 Å². The summed E-state index contributed by atoms with van der Waals surface area (Å²) >= 11 is 0. The van der Waals surface area contributed by atoms with Gasteiger partial charge in [0.2, 0.25) is 0 Å². The highest BCUT2D eigenvalue weighted by atomic mass is 16.7. The van der Waals surface area contributed by atoms with Crippen LogP contribution in [0.25, 0.3) is 0 Å². The molecule has 16 nitrogen and oxygen atoms in total. The van der Waals surface area contributed by atoms with Crippen LogP contribution in [0.1, 0.15) is 95.9 Å². The zero-order valence-corrected chi connectivity index (χ0v) is 36.1. The van der Waals surface area contributed by atoms with E-state index in [0.717, 1.165) is 39.3 Å². The van der Waals surface area contributed by atoms with Crippen LogP contribution in [0.15, 0.2) is 0 Å². The molecule has 8 rings (SSSR count). The third-order valence-corrected chi connectivity index (χ3v) is 11.0. The predicted octanol–water partition coefficient (Wildman–Crippen LogP) is 2.49. The SMILES string of the molecule is C1COB(B2OCCCO2)OC1.C1COB(B2OCCO2)O1.CC1(C)COB(B2OCC(C)(C)CO2)OC1.CC1(C)OB(B2OC(C)(C)C(C)(C)O2)OC1(C)C. The molecule has 56 heavy (non-hydrogen) atoms. The average molecular weight is 791 g/mol. The van der Waals surface area contributed by atoms with Crippen molar-refractivity contribution in [2.45, 2.75) is 118 Å². The maximum Gasteiger partial charge on any atom is 0.488 e. The molecule has 0 aliphatic carbocycles. The summed E-state index contributed by atoms with van der Waals surface area (Å²) in [5, 5.41) is 0. The lowest BCUT2D eigenvalue weighted by atomic mass is 9.47. The van der Waals surface area contributed by atoms with Crippen molar-refractivity contribution in [2.24, 2.45) is 10.8 Å². The van der Waals surface area contributed by atoms with E-state index in [-0.39, 0.29) is 75.3 Å². The molecule has 0 N–H and O–H groups in total. The molecule has 8 heterocycles. The first-order valence-corrected chi connectivity index (χ1v) is 20.3. The largest absolute Gasteiger partial charge is 0.488 e. The van der Waals surface area contributed by atoms with Crippen molar-refractivity contribution in [2.75, 3.05) is 79.3 Å². The highest BCUT2D eigenvalue weighted by Gasteiger charge is 2.63. The number of hydrogen-bond acceptors (Lipinski definition) is 16. The van der Waals surface area contributed by atoms with E-state index in [1.807, 2.05) is 55.4 Å². The second-order valence-electron chi connectivity index (χ2n) is 18.7. The minimum Gasteiger partial charge on any atom is -0.413 e. The second kappa shape index (κ2) is 19.7. The number of rotatable bonds is 4. The minimum absolute atomic E-state index is 0.0877. The molecule has 0 bridgehead atoms. The quantitative estimate of drug-likeness (QED) is 0.384. The van der Waals surface area contributed by atoms with E-state index in [4.69, 9.17) is 74.5 Å². The van der Waals surface area contributed by atoms with E-state index < -0.39 is 14.0 Å². The lowest BCUT2D eigenvalue weighted by molar-refractivity contribution is 0.00578. The highest BCUT2D eigenvalue weighted by Crippen LogP contribution is 2.43. The van der Waals surface area contributed by atoms with Crippen molar-refractivity contribution >= 4 is 56.1 Å². The molecule has 0 aromatic rings.